The summed E-state index contributed by atoms with van der Waals surface area (Å²) in [4.78, 5) is 37.7. The van der Waals surface area contributed by atoms with Crippen LogP contribution >= 0.6 is 0 Å². The maximum atomic E-state index is 12.8. The molecule has 2 amide bonds. The number of carbonyl (C=O) groups is 3. The van der Waals surface area contributed by atoms with Gasteiger partial charge in [0.25, 0.3) is 5.91 Å². The molecule has 1 atom stereocenters. The fourth-order valence-corrected chi connectivity index (χ4v) is 3.27. The van der Waals surface area contributed by atoms with E-state index in [1.165, 1.54) is 6.26 Å². The molecule has 1 aliphatic rings. The molecule has 0 spiro atoms. The van der Waals surface area contributed by atoms with Crippen molar-refractivity contribution >= 4 is 23.5 Å². The Hall–Kier alpha value is -3.09. The summed E-state index contributed by atoms with van der Waals surface area (Å²) in [7, 11) is 0. The molecule has 3 rings (SSSR count). The average Bonchev–Trinajstić information content (AvgIpc) is 3.21. The maximum absolute atomic E-state index is 12.8. The highest BCUT2D eigenvalue weighted by molar-refractivity contribution is 6.00. The third-order valence-electron chi connectivity index (χ3n) is 4.62. The Morgan fingerprint density at radius 1 is 1.19 bits per heavy atom. The second kappa shape index (κ2) is 8.53. The number of furan rings is 1. The highest BCUT2D eigenvalue weighted by Gasteiger charge is 2.33. The number of carbonyl (C=O) groups excluding carboxylic acids is 2. The predicted octanol–water partition coefficient (Wildman–Crippen LogP) is 2.93. The summed E-state index contributed by atoms with van der Waals surface area (Å²) in [6.45, 7) is 0.510. The summed E-state index contributed by atoms with van der Waals surface area (Å²) in [6.07, 6.45) is 4.18. The minimum atomic E-state index is -0.862. The summed E-state index contributed by atoms with van der Waals surface area (Å²) in [5.41, 5.74) is 1.43. The summed E-state index contributed by atoms with van der Waals surface area (Å²) >= 11 is 0. The number of hydrogen-bond donors (Lipinski definition) is 2. The quantitative estimate of drug-likeness (QED) is 0.814. The van der Waals surface area contributed by atoms with Crippen LogP contribution in [0.1, 0.15) is 41.8 Å². The summed E-state index contributed by atoms with van der Waals surface area (Å²) < 4.78 is 5.19. The van der Waals surface area contributed by atoms with Crippen molar-refractivity contribution in [2.75, 3.05) is 11.9 Å². The van der Waals surface area contributed by atoms with Gasteiger partial charge in [0.2, 0.25) is 5.91 Å². The number of nitrogens with one attached hydrogen (secondary N) is 1. The summed E-state index contributed by atoms with van der Waals surface area (Å²) in [5.74, 6) is -1.16. The lowest BCUT2D eigenvalue weighted by atomic mass is 10.0. The first-order valence-corrected chi connectivity index (χ1v) is 9.00. The fraction of sp³-hybridized carbons (Fsp3) is 0.350. The minimum absolute atomic E-state index is 0.0332. The van der Waals surface area contributed by atoms with Gasteiger partial charge in [-0.05, 0) is 55.5 Å². The van der Waals surface area contributed by atoms with E-state index >= 15 is 0 Å². The van der Waals surface area contributed by atoms with E-state index in [1.54, 1.807) is 35.2 Å². The Balaban J connectivity index is 1.69. The molecule has 0 radical (unpaired) electrons. The van der Waals surface area contributed by atoms with Gasteiger partial charge < -0.3 is 19.7 Å². The van der Waals surface area contributed by atoms with E-state index in [-0.39, 0.29) is 24.0 Å². The molecule has 1 fully saturated rings. The smallest absolute Gasteiger partial charge is 0.303 e. The zero-order valence-corrected chi connectivity index (χ0v) is 14.9. The van der Waals surface area contributed by atoms with Crippen LogP contribution in [-0.4, -0.2) is 40.4 Å². The molecular weight excluding hydrogens is 348 g/mol. The van der Waals surface area contributed by atoms with Crippen LogP contribution in [0.4, 0.5) is 5.69 Å². The van der Waals surface area contributed by atoms with Crippen LogP contribution in [0.2, 0.25) is 0 Å². The summed E-state index contributed by atoms with van der Waals surface area (Å²) in [5, 5.41) is 11.7. The highest BCUT2D eigenvalue weighted by atomic mass is 16.4. The molecular formula is C20H22N2O5. The molecule has 0 saturated carbocycles. The van der Waals surface area contributed by atoms with Gasteiger partial charge in [0.05, 0.1) is 6.26 Å². The first-order valence-electron chi connectivity index (χ1n) is 9.00. The number of carboxylic acid groups (broad SMARTS) is 1. The molecule has 27 heavy (non-hydrogen) atoms. The number of anilines is 1. The monoisotopic (exact) mass is 370 g/mol. The van der Waals surface area contributed by atoms with Gasteiger partial charge in [-0.25, -0.2) is 0 Å². The number of piperidine rings is 1. The number of nitrogens with zero attached hydrogens (tertiary/aromatic N) is 1. The molecule has 2 heterocycles. The number of rotatable bonds is 6. The molecule has 7 heteroatoms. The largest absolute Gasteiger partial charge is 0.481 e. The standard InChI is InChI=1S/C20H22N2O5/c23-18(24)10-9-14-5-3-6-15(13-14)21-19(25)16-7-1-2-11-22(16)20(26)17-8-4-12-27-17/h3-6,8,12-13,16H,1-2,7,9-11H2,(H,21,25)(H,23,24). The Morgan fingerprint density at radius 2 is 2.04 bits per heavy atom. The maximum Gasteiger partial charge on any atom is 0.303 e. The number of likely N-dealkylation sites (tertiary alicyclic amines) is 1. The molecule has 1 aromatic heterocycles. The van der Waals surface area contributed by atoms with E-state index < -0.39 is 12.0 Å². The van der Waals surface area contributed by atoms with Crippen LogP contribution in [0, 0.1) is 0 Å². The first-order chi connectivity index (χ1) is 13.0. The van der Waals surface area contributed by atoms with E-state index in [9.17, 15) is 14.4 Å². The van der Waals surface area contributed by atoms with Gasteiger partial charge >= 0.3 is 5.97 Å². The van der Waals surface area contributed by atoms with Crippen molar-refractivity contribution < 1.29 is 23.9 Å². The zero-order chi connectivity index (χ0) is 19.2. The van der Waals surface area contributed by atoms with Crippen LogP contribution < -0.4 is 5.32 Å². The van der Waals surface area contributed by atoms with Gasteiger partial charge in [0.15, 0.2) is 5.76 Å². The van der Waals surface area contributed by atoms with Crippen molar-refractivity contribution in [3.8, 4) is 0 Å². The lowest BCUT2D eigenvalue weighted by Crippen LogP contribution is -2.49. The first kappa shape index (κ1) is 18.7. The lowest BCUT2D eigenvalue weighted by Gasteiger charge is -2.34. The third-order valence-corrected chi connectivity index (χ3v) is 4.62. The third kappa shape index (κ3) is 4.75. The van der Waals surface area contributed by atoms with Crippen molar-refractivity contribution in [3.63, 3.8) is 0 Å². The van der Waals surface area contributed by atoms with Gasteiger partial charge in [0, 0.05) is 18.7 Å². The van der Waals surface area contributed by atoms with E-state index in [0.29, 0.717) is 25.1 Å². The molecule has 1 aromatic carbocycles. The van der Waals surface area contributed by atoms with Gasteiger partial charge in [0.1, 0.15) is 6.04 Å². The Labute approximate surface area is 157 Å². The molecule has 1 aliphatic heterocycles. The van der Waals surface area contributed by atoms with Crippen LogP contribution in [0.25, 0.3) is 0 Å². The van der Waals surface area contributed by atoms with Crippen molar-refractivity contribution in [1.29, 1.82) is 0 Å². The number of hydrogen-bond acceptors (Lipinski definition) is 4. The van der Waals surface area contributed by atoms with Crippen molar-refractivity contribution in [3.05, 3.63) is 54.0 Å². The minimum Gasteiger partial charge on any atom is -0.481 e. The van der Waals surface area contributed by atoms with E-state index in [4.69, 9.17) is 9.52 Å². The van der Waals surface area contributed by atoms with E-state index in [1.807, 2.05) is 6.07 Å². The second-order valence-electron chi connectivity index (χ2n) is 6.57. The van der Waals surface area contributed by atoms with Crippen molar-refractivity contribution in [2.45, 2.75) is 38.1 Å². The van der Waals surface area contributed by atoms with Gasteiger partial charge in [-0.2, -0.15) is 0 Å². The van der Waals surface area contributed by atoms with Crippen LogP contribution in [-0.2, 0) is 16.0 Å². The zero-order valence-electron chi connectivity index (χ0n) is 14.9. The number of aryl methyl sites for hydroxylation is 1. The SMILES string of the molecule is O=C(O)CCc1cccc(NC(=O)C2CCCCN2C(=O)c2ccco2)c1. The van der Waals surface area contributed by atoms with E-state index in [2.05, 4.69) is 5.32 Å². The number of amides is 2. The molecule has 142 valence electrons. The van der Waals surface area contributed by atoms with E-state index in [0.717, 1.165) is 18.4 Å². The normalized spacial score (nSPS) is 16.7. The fourth-order valence-electron chi connectivity index (χ4n) is 3.27. The Morgan fingerprint density at radius 3 is 2.78 bits per heavy atom. The Kier molecular flexibility index (Phi) is 5.90. The molecule has 2 N–H and O–H groups in total. The van der Waals surface area contributed by atoms with Crippen LogP contribution in [0.3, 0.4) is 0 Å². The lowest BCUT2D eigenvalue weighted by molar-refractivity contribution is -0.137. The number of aliphatic carboxylic acids is 1. The molecule has 2 aromatic rings. The second-order valence-corrected chi connectivity index (χ2v) is 6.57. The number of benzene rings is 1. The van der Waals surface area contributed by atoms with Crippen LogP contribution in [0.15, 0.2) is 47.1 Å². The van der Waals surface area contributed by atoms with Gasteiger partial charge in [-0.15, -0.1) is 0 Å². The summed E-state index contributed by atoms with van der Waals surface area (Å²) in [6, 6.07) is 9.81. The average molecular weight is 370 g/mol. The van der Waals surface area contributed by atoms with Gasteiger partial charge in [-0.1, -0.05) is 12.1 Å². The predicted molar refractivity (Wildman–Crippen MR) is 98.4 cm³/mol. The Bertz CT molecular complexity index is 816. The molecule has 0 aliphatic carbocycles. The topological polar surface area (TPSA) is 99.9 Å². The molecule has 0 bridgehead atoms. The van der Waals surface area contributed by atoms with Crippen molar-refractivity contribution in [1.82, 2.24) is 4.90 Å². The van der Waals surface area contributed by atoms with Crippen molar-refractivity contribution in [2.24, 2.45) is 0 Å². The van der Waals surface area contributed by atoms with Gasteiger partial charge in [-0.3, -0.25) is 14.4 Å². The molecule has 7 nitrogen and oxygen atoms in total. The highest BCUT2D eigenvalue weighted by Crippen LogP contribution is 2.22. The molecule has 1 saturated heterocycles. The van der Waals surface area contributed by atoms with Crippen LogP contribution in [0.5, 0.6) is 0 Å². The number of carboxylic acids is 1. The molecule has 1 unspecified atom stereocenters.